The lowest BCUT2D eigenvalue weighted by Gasteiger charge is -2.18. The van der Waals surface area contributed by atoms with Gasteiger partial charge in [-0.3, -0.25) is 24.5 Å². The smallest absolute Gasteiger partial charge is 0.466 e. The van der Waals surface area contributed by atoms with E-state index in [1.165, 1.54) is 69.2 Å². The summed E-state index contributed by atoms with van der Waals surface area (Å²) >= 11 is 0. The molecule has 1 aromatic carbocycles. The molecule has 1 atom stereocenters. The summed E-state index contributed by atoms with van der Waals surface area (Å²) in [5.41, 5.74) is -0.106. The highest BCUT2D eigenvalue weighted by Gasteiger charge is 2.19. The van der Waals surface area contributed by atoms with Crippen LogP contribution in [-0.4, -0.2) is 54.9 Å². The number of esters is 3. The molecule has 0 heterocycles. The van der Waals surface area contributed by atoms with Crippen molar-refractivity contribution in [1.29, 1.82) is 0 Å². The topological polar surface area (TPSA) is 158 Å². The largest absolute Gasteiger partial charge is 0.514 e. The molecule has 0 aliphatic carbocycles. The summed E-state index contributed by atoms with van der Waals surface area (Å²) in [6.07, 6.45) is 25.7. The van der Waals surface area contributed by atoms with Crippen LogP contribution in [0.2, 0.25) is 0 Å². The number of rotatable bonds is 39. The first-order valence-corrected chi connectivity index (χ1v) is 23.3. The number of nitro benzene ring substituents is 1. The van der Waals surface area contributed by atoms with Crippen LogP contribution in [0.3, 0.4) is 0 Å². The summed E-state index contributed by atoms with van der Waals surface area (Å²) in [5, 5.41) is 11.0. The molecule has 0 amide bonds. The van der Waals surface area contributed by atoms with Crippen molar-refractivity contribution in [3.8, 4) is 5.75 Å². The second kappa shape index (κ2) is 37.3. The lowest BCUT2D eigenvalue weighted by atomic mass is 10.0. The zero-order valence-corrected chi connectivity index (χ0v) is 37.0. The Bertz CT molecular complexity index is 1210. The van der Waals surface area contributed by atoms with E-state index in [2.05, 4.69) is 20.8 Å². The van der Waals surface area contributed by atoms with Gasteiger partial charge in [0.15, 0.2) is 0 Å². The van der Waals surface area contributed by atoms with Crippen molar-refractivity contribution in [3.05, 3.63) is 34.4 Å². The summed E-state index contributed by atoms with van der Waals surface area (Å²) in [6, 6.07) is 5.24. The molecule has 1 aromatic rings. The third-order valence-corrected chi connectivity index (χ3v) is 10.5. The van der Waals surface area contributed by atoms with E-state index in [4.69, 9.17) is 23.7 Å². The zero-order chi connectivity index (χ0) is 43.2. The predicted molar refractivity (Wildman–Crippen MR) is 231 cm³/mol. The predicted octanol–water partition coefficient (Wildman–Crippen LogP) is 13.1. The maximum absolute atomic E-state index is 12.6. The minimum absolute atomic E-state index is 0.106. The highest BCUT2D eigenvalue weighted by molar-refractivity contribution is 5.70. The highest BCUT2D eigenvalue weighted by Crippen LogP contribution is 2.21. The van der Waals surface area contributed by atoms with Crippen LogP contribution in [0, 0.1) is 16.0 Å². The minimum atomic E-state index is -0.874. The number of hydrogen-bond donors (Lipinski definition) is 0. The van der Waals surface area contributed by atoms with Crippen LogP contribution in [0.25, 0.3) is 0 Å². The molecule has 338 valence electrons. The van der Waals surface area contributed by atoms with Gasteiger partial charge in [0.1, 0.15) is 11.9 Å². The van der Waals surface area contributed by atoms with Gasteiger partial charge in [-0.2, -0.15) is 0 Å². The molecular formula is C47H79NO11. The maximum atomic E-state index is 12.6. The summed E-state index contributed by atoms with van der Waals surface area (Å²) in [6.45, 7) is 7.10. The summed E-state index contributed by atoms with van der Waals surface area (Å²) in [4.78, 5) is 60.4. The van der Waals surface area contributed by atoms with Gasteiger partial charge in [-0.05, 0) is 63.5 Å². The number of unbranched alkanes of at least 4 members (excludes halogenated alkanes) is 18. The van der Waals surface area contributed by atoms with Gasteiger partial charge in [0.25, 0.3) is 5.69 Å². The SMILES string of the molecule is CCCCCCCCCCCCC(CCCOC(=O)CCCCC(COC(=O)CCCCCCC)COC(=O)CCCCCCC)OC(=O)Oc1ccc([N+](=O)[O-])cc1. The second-order valence-electron chi connectivity index (χ2n) is 16.0. The van der Waals surface area contributed by atoms with Crippen molar-refractivity contribution in [1.82, 2.24) is 0 Å². The Morgan fingerprint density at radius 1 is 0.525 bits per heavy atom. The zero-order valence-electron chi connectivity index (χ0n) is 37.0. The molecule has 0 spiro atoms. The number of carbonyl (C=O) groups is 4. The molecule has 0 bridgehead atoms. The molecule has 0 aliphatic rings. The Hall–Kier alpha value is -3.70. The lowest BCUT2D eigenvalue weighted by Crippen LogP contribution is -2.22. The molecule has 0 aromatic heterocycles. The van der Waals surface area contributed by atoms with Crippen molar-refractivity contribution in [2.45, 2.75) is 213 Å². The number of ether oxygens (including phenoxy) is 5. The van der Waals surface area contributed by atoms with E-state index >= 15 is 0 Å². The fraction of sp³-hybridized carbons (Fsp3) is 0.787. The van der Waals surface area contributed by atoms with Crippen LogP contribution < -0.4 is 4.74 Å². The van der Waals surface area contributed by atoms with Crippen molar-refractivity contribution in [3.63, 3.8) is 0 Å². The van der Waals surface area contributed by atoms with E-state index in [-0.39, 0.29) is 61.5 Å². The van der Waals surface area contributed by atoms with Crippen molar-refractivity contribution in [2.24, 2.45) is 5.92 Å². The van der Waals surface area contributed by atoms with Gasteiger partial charge < -0.3 is 23.7 Å². The molecule has 0 saturated carbocycles. The van der Waals surface area contributed by atoms with Crippen LogP contribution in [0.15, 0.2) is 24.3 Å². The normalized spacial score (nSPS) is 11.6. The van der Waals surface area contributed by atoms with Crippen LogP contribution in [0.4, 0.5) is 10.5 Å². The van der Waals surface area contributed by atoms with E-state index < -0.39 is 17.2 Å². The van der Waals surface area contributed by atoms with Crippen LogP contribution in [0.1, 0.15) is 207 Å². The Morgan fingerprint density at radius 2 is 0.932 bits per heavy atom. The van der Waals surface area contributed by atoms with E-state index in [9.17, 15) is 29.3 Å². The number of nitro groups is 1. The fourth-order valence-corrected chi connectivity index (χ4v) is 6.81. The standard InChI is InChI=1S/C47H79NO11/c1-4-7-10-13-14-15-16-17-20-21-28-42(58-47(52)59-43-35-33-41(34-36-43)48(53)54)29-26-37-55-44(49)32-25-24-27-40(38-56-45(50)30-22-18-11-8-5-2)39-57-46(51)31-23-19-12-9-6-3/h33-36,40,42H,4-32,37-39H2,1-3H3. The summed E-state index contributed by atoms with van der Waals surface area (Å²) in [7, 11) is 0. The Balaban J connectivity index is 2.53. The maximum Gasteiger partial charge on any atom is 0.514 e. The van der Waals surface area contributed by atoms with Crippen LogP contribution in [0.5, 0.6) is 5.75 Å². The van der Waals surface area contributed by atoms with Crippen LogP contribution in [-0.2, 0) is 33.3 Å². The molecule has 12 nitrogen and oxygen atoms in total. The fourth-order valence-electron chi connectivity index (χ4n) is 6.81. The first kappa shape index (κ1) is 53.3. The van der Waals surface area contributed by atoms with Gasteiger partial charge >= 0.3 is 24.1 Å². The van der Waals surface area contributed by atoms with Crippen molar-refractivity contribution >= 4 is 29.8 Å². The number of hydrogen-bond acceptors (Lipinski definition) is 11. The average Bonchev–Trinajstić information content (AvgIpc) is 3.22. The van der Waals surface area contributed by atoms with Crippen molar-refractivity contribution < 1.29 is 47.8 Å². The monoisotopic (exact) mass is 834 g/mol. The first-order chi connectivity index (χ1) is 28.7. The minimum Gasteiger partial charge on any atom is -0.466 e. The van der Waals surface area contributed by atoms with Gasteiger partial charge in [0.2, 0.25) is 0 Å². The molecule has 0 fully saturated rings. The van der Waals surface area contributed by atoms with Crippen molar-refractivity contribution in [2.75, 3.05) is 19.8 Å². The lowest BCUT2D eigenvalue weighted by molar-refractivity contribution is -0.384. The van der Waals surface area contributed by atoms with E-state index in [0.29, 0.717) is 51.4 Å². The summed E-state index contributed by atoms with van der Waals surface area (Å²) in [5.74, 6) is -0.749. The van der Waals surface area contributed by atoms with Gasteiger partial charge in [0.05, 0.1) is 24.7 Å². The molecule has 1 unspecified atom stereocenters. The molecule has 12 heteroatoms. The van der Waals surface area contributed by atoms with Crippen LogP contribution >= 0.6 is 0 Å². The quantitative estimate of drug-likeness (QED) is 0.0155. The Morgan fingerprint density at radius 3 is 1.42 bits per heavy atom. The molecule has 0 radical (unpaired) electrons. The third-order valence-electron chi connectivity index (χ3n) is 10.5. The van der Waals surface area contributed by atoms with Gasteiger partial charge in [0, 0.05) is 37.3 Å². The number of carbonyl (C=O) groups excluding carboxylic acids is 4. The molecular weight excluding hydrogens is 755 g/mol. The second-order valence-corrected chi connectivity index (χ2v) is 16.0. The molecule has 0 saturated heterocycles. The van der Waals surface area contributed by atoms with Gasteiger partial charge in [-0.1, -0.05) is 136 Å². The molecule has 0 aliphatic heterocycles. The van der Waals surface area contributed by atoms with E-state index in [1.54, 1.807) is 0 Å². The average molecular weight is 834 g/mol. The molecule has 59 heavy (non-hydrogen) atoms. The molecule has 1 rings (SSSR count). The Labute approximate surface area is 355 Å². The number of benzene rings is 1. The van der Waals surface area contributed by atoms with E-state index in [1.807, 2.05) is 0 Å². The first-order valence-electron chi connectivity index (χ1n) is 23.3. The third kappa shape index (κ3) is 31.8. The number of nitrogens with zero attached hydrogens (tertiary/aromatic N) is 1. The van der Waals surface area contributed by atoms with Gasteiger partial charge in [-0.15, -0.1) is 0 Å². The Kier molecular flexibility index (Phi) is 33.7. The van der Waals surface area contributed by atoms with Gasteiger partial charge in [-0.25, -0.2) is 4.79 Å². The number of non-ortho nitro benzene ring substituents is 1. The van der Waals surface area contributed by atoms with E-state index in [0.717, 1.165) is 83.5 Å². The summed E-state index contributed by atoms with van der Waals surface area (Å²) < 4.78 is 27.6. The molecule has 0 N–H and O–H groups in total. The highest BCUT2D eigenvalue weighted by atomic mass is 16.7.